The number of hydrogen-bond acceptors (Lipinski definition) is 2. The number of hydrogen-bond donors (Lipinski definition) is 1. The second-order valence-corrected chi connectivity index (χ2v) is 3.81. The zero-order valence-corrected chi connectivity index (χ0v) is 8.47. The minimum absolute atomic E-state index is 0.448. The van der Waals surface area contributed by atoms with Crippen LogP contribution in [0.3, 0.4) is 0 Å². The molecule has 0 aromatic heterocycles. The number of likely N-dealkylation sites (N-methyl/N-ethyl adjacent to an activating group) is 1. The van der Waals surface area contributed by atoms with Crippen molar-refractivity contribution in [1.29, 1.82) is 0 Å². The molecule has 1 aliphatic rings. The lowest BCUT2D eigenvalue weighted by Crippen LogP contribution is -2.43. The van der Waals surface area contributed by atoms with E-state index in [9.17, 15) is 0 Å². The van der Waals surface area contributed by atoms with Crippen LogP contribution in [0.2, 0.25) is 0 Å². The third-order valence-corrected chi connectivity index (χ3v) is 2.81. The highest BCUT2D eigenvalue weighted by atomic mass is 16.5. The molecule has 12 heavy (non-hydrogen) atoms. The molecule has 1 N–H and O–H groups in total. The molecule has 0 bridgehead atoms. The highest BCUT2D eigenvalue weighted by molar-refractivity contribution is 4.83. The highest BCUT2D eigenvalue weighted by Crippen LogP contribution is 2.25. The van der Waals surface area contributed by atoms with Gasteiger partial charge in [-0.15, -0.1) is 0 Å². The lowest BCUT2D eigenvalue weighted by molar-refractivity contribution is 0.00102. The molecule has 0 saturated heterocycles. The van der Waals surface area contributed by atoms with Gasteiger partial charge < -0.3 is 10.1 Å². The second-order valence-electron chi connectivity index (χ2n) is 3.81. The van der Waals surface area contributed by atoms with Crippen LogP contribution in [-0.4, -0.2) is 25.8 Å². The van der Waals surface area contributed by atoms with Crippen molar-refractivity contribution in [2.75, 3.05) is 13.7 Å². The van der Waals surface area contributed by atoms with Gasteiger partial charge in [-0.05, 0) is 39.2 Å². The molecule has 1 saturated carbocycles. The first-order valence-corrected chi connectivity index (χ1v) is 5.06. The lowest BCUT2D eigenvalue weighted by atomic mass is 9.85. The molecule has 2 nitrogen and oxygen atoms in total. The number of ether oxygens (including phenoxy) is 1. The van der Waals surface area contributed by atoms with E-state index in [2.05, 4.69) is 19.2 Å². The van der Waals surface area contributed by atoms with E-state index in [0.29, 0.717) is 12.1 Å². The summed E-state index contributed by atoms with van der Waals surface area (Å²) in [5.74, 6) is 0.839. The fourth-order valence-electron chi connectivity index (χ4n) is 2.06. The summed E-state index contributed by atoms with van der Waals surface area (Å²) in [5, 5.41) is 3.33. The predicted octanol–water partition coefficient (Wildman–Crippen LogP) is 1.80. The van der Waals surface area contributed by atoms with Crippen LogP contribution in [-0.2, 0) is 4.74 Å². The standard InChI is InChI=1S/C10H21NO/c1-4-12-10-7-8(2)5-6-9(10)11-3/h8-11H,4-7H2,1-3H3. The van der Waals surface area contributed by atoms with Crippen molar-refractivity contribution in [2.24, 2.45) is 5.92 Å². The van der Waals surface area contributed by atoms with Crippen molar-refractivity contribution in [3.8, 4) is 0 Å². The summed E-state index contributed by atoms with van der Waals surface area (Å²) in [7, 11) is 2.03. The number of nitrogens with one attached hydrogen (secondary N) is 1. The van der Waals surface area contributed by atoms with Gasteiger partial charge in [-0.25, -0.2) is 0 Å². The average molecular weight is 171 g/mol. The zero-order valence-electron chi connectivity index (χ0n) is 8.47. The summed E-state index contributed by atoms with van der Waals surface area (Å²) in [6.45, 7) is 5.24. The molecular formula is C10H21NO. The van der Waals surface area contributed by atoms with Gasteiger partial charge in [0.15, 0.2) is 0 Å². The Labute approximate surface area is 75.7 Å². The topological polar surface area (TPSA) is 21.3 Å². The summed E-state index contributed by atoms with van der Waals surface area (Å²) in [6, 6.07) is 0.584. The fraction of sp³-hybridized carbons (Fsp3) is 1.00. The molecule has 72 valence electrons. The summed E-state index contributed by atoms with van der Waals surface area (Å²) < 4.78 is 5.69. The van der Waals surface area contributed by atoms with Crippen LogP contribution in [0.4, 0.5) is 0 Å². The van der Waals surface area contributed by atoms with Crippen LogP contribution in [0, 0.1) is 5.92 Å². The first kappa shape index (κ1) is 10.0. The summed E-state index contributed by atoms with van der Waals surface area (Å²) >= 11 is 0. The van der Waals surface area contributed by atoms with E-state index < -0.39 is 0 Å². The van der Waals surface area contributed by atoms with Crippen LogP contribution in [0.1, 0.15) is 33.1 Å². The Morgan fingerprint density at radius 2 is 2.17 bits per heavy atom. The Hall–Kier alpha value is -0.0800. The molecule has 0 heterocycles. The third kappa shape index (κ3) is 2.46. The van der Waals surface area contributed by atoms with Crippen molar-refractivity contribution < 1.29 is 4.74 Å². The van der Waals surface area contributed by atoms with Crippen molar-refractivity contribution >= 4 is 0 Å². The van der Waals surface area contributed by atoms with E-state index in [1.807, 2.05) is 7.05 Å². The maximum Gasteiger partial charge on any atom is 0.0730 e. The minimum Gasteiger partial charge on any atom is -0.377 e. The zero-order chi connectivity index (χ0) is 8.97. The normalized spacial score (nSPS) is 36.8. The van der Waals surface area contributed by atoms with Crippen LogP contribution in [0.25, 0.3) is 0 Å². The van der Waals surface area contributed by atoms with Crippen LogP contribution >= 0.6 is 0 Å². The Morgan fingerprint density at radius 3 is 2.75 bits per heavy atom. The molecule has 1 aliphatic carbocycles. The predicted molar refractivity (Wildman–Crippen MR) is 51.3 cm³/mol. The largest absolute Gasteiger partial charge is 0.377 e. The number of rotatable bonds is 3. The summed E-state index contributed by atoms with van der Waals surface area (Å²) in [4.78, 5) is 0. The highest BCUT2D eigenvalue weighted by Gasteiger charge is 2.27. The smallest absolute Gasteiger partial charge is 0.0730 e. The van der Waals surface area contributed by atoms with E-state index in [1.165, 1.54) is 19.3 Å². The average Bonchev–Trinajstić information content (AvgIpc) is 2.05. The molecule has 0 aromatic rings. The van der Waals surface area contributed by atoms with Crippen LogP contribution in [0.5, 0.6) is 0 Å². The molecule has 3 atom stereocenters. The molecular weight excluding hydrogens is 150 g/mol. The summed E-state index contributed by atoms with van der Waals surface area (Å²) in [6.07, 6.45) is 4.28. The molecule has 3 unspecified atom stereocenters. The lowest BCUT2D eigenvalue weighted by Gasteiger charge is -2.34. The van der Waals surface area contributed by atoms with Crippen molar-refractivity contribution in [3.63, 3.8) is 0 Å². The van der Waals surface area contributed by atoms with Gasteiger partial charge in [0.1, 0.15) is 0 Å². The van der Waals surface area contributed by atoms with Gasteiger partial charge in [-0.1, -0.05) is 6.92 Å². The van der Waals surface area contributed by atoms with Gasteiger partial charge in [0.25, 0.3) is 0 Å². The second kappa shape index (κ2) is 4.83. The first-order valence-electron chi connectivity index (χ1n) is 5.06. The van der Waals surface area contributed by atoms with E-state index >= 15 is 0 Å². The van der Waals surface area contributed by atoms with Gasteiger partial charge in [-0.3, -0.25) is 0 Å². The van der Waals surface area contributed by atoms with E-state index in [4.69, 9.17) is 4.74 Å². The Balaban J connectivity index is 2.40. The first-order chi connectivity index (χ1) is 5.77. The van der Waals surface area contributed by atoms with E-state index in [0.717, 1.165) is 12.5 Å². The molecule has 0 amide bonds. The van der Waals surface area contributed by atoms with Crippen molar-refractivity contribution in [1.82, 2.24) is 5.32 Å². The van der Waals surface area contributed by atoms with Gasteiger partial charge in [0.2, 0.25) is 0 Å². The molecule has 0 aliphatic heterocycles. The molecule has 0 spiro atoms. The molecule has 2 heteroatoms. The van der Waals surface area contributed by atoms with Gasteiger partial charge >= 0.3 is 0 Å². The van der Waals surface area contributed by atoms with E-state index in [1.54, 1.807) is 0 Å². The molecule has 0 radical (unpaired) electrons. The SMILES string of the molecule is CCOC1CC(C)CCC1NC. The van der Waals surface area contributed by atoms with Crippen molar-refractivity contribution in [2.45, 2.75) is 45.3 Å². The van der Waals surface area contributed by atoms with Gasteiger partial charge in [0.05, 0.1) is 6.10 Å². The van der Waals surface area contributed by atoms with Gasteiger partial charge in [-0.2, -0.15) is 0 Å². The Morgan fingerprint density at radius 1 is 1.42 bits per heavy atom. The Kier molecular flexibility index (Phi) is 4.02. The van der Waals surface area contributed by atoms with E-state index in [-0.39, 0.29) is 0 Å². The maximum atomic E-state index is 5.69. The molecule has 1 rings (SSSR count). The van der Waals surface area contributed by atoms with Crippen molar-refractivity contribution in [3.05, 3.63) is 0 Å². The van der Waals surface area contributed by atoms with Gasteiger partial charge in [0, 0.05) is 12.6 Å². The maximum absolute atomic E-state index is 5.69. The fourth-order valence-corrected chi connectivity index (χ4v) is 2.06. The van der Waals surface area contributed by atoms with Crippen LogP contribution < -0.4 is 5.32 Å². The molecule has 0 aromatic carbocycles. The monoisotopic (exact) mass is 171 g/mol. The van der Waals surface area contributed by atoms with Crippen LogP contribution in [0.15, 0.2) is 0 Å². The minimum atomic E-state index is 0.448. The Bertz CT molecular complexity index is 127. The third-order valence-electron chi connectivity index (χ3n) is 2.81. The quantitative estimate of drug-likeness (QED) is 0.699. The summed E-state index contributed by atoms with van der Waals surface area (Å²) in [5.41, 5.74) is 0. The molecule has 1 fully saturated rings.